The second-order valence-electron chi connectivity index (χ2n) is 6.54. The molecule has 0 heterocycles. The molecule has 2 rings (SSSR count). The Morgan fingerprint density at radius 3 is 2.84 bits per heavy atom. The number of guanidine groups is 1. The fourth-order valence-corrected chi connectivity index (χ4v) is 4.68. The molecule has 1 aromatic rings. The number of nitrogens with zero attached hydrogens (tertiary/aromatic N) is 1. The molecule has 0 aromatic heterocycles. The van der Waals surface area contributed by atoms with Crippen molar-refractivity contribution in [3.8, 4) is 0 Å². The van der Waals surface area contributed by atoms with Gasteiger partial charge in [0, 0.05) is 41.4 Å². The third-order valence-electron chi connectivity index (χ3n) is 4.64. The van der Waals surface area contributed by atoms with Crippen LogP contribution in [0.4, 0.5) is 0 Å². The van der Waals surface area contributed by atoms with E-state index in [1.165, 1.54) is 11.1 Å². The Morgan fingerprint density at radius 2 is 2.16 bits per heavy atom. The molecular weight excluding hydrogens is 445 g/mol. The molecule has 2 N–H and O–H groups in total. The molecule has 1 saturated carbocycles. The van der Waals surface area contributed by atoms with Gasteiger partial charge >= 0.3 is 0 Å². The van der Waals surface area contributed by atoms with Crippen LogP contribution in [-0.2, 0) is 17.2 Å². The van der Waals surface area contributed by atoms with Crippen molar-refractivity contribution in [2.24, 2.45) is 4.99 Å². The Morgan fingerprint density at radius 1 is 1.36 bits per heavy atom. The molecule has 0 spiro atoms. The predicted molar refractivity (Wildman–Crippen MR) is 120 cm³/mol. The molecular formula is C19H32IN3OS. The van der Waals surface area contributed by atoms with Gasteiger partial charge in [0.25, 0.3) is 0 Å². The number of hydrogen-bond donors (Lipinski definition) is 2. The molecule has 4 nitrogen and oxygen atoms in total. The predicted octanol–water partition coefficient (Wildman–Crippen LogP) is 3.40. The lowest BCUT2D eigenvalue weighted by atomic mass is 9.95. The van der Waals surface area contributed by atoms with Crippen LogP contribution in [0.25, 0.3) is 0 Å². The maximum atomic E-state index is 12.1. The van der Waals surface area contributed by atoms with Crippen LogP contribution in [0.1, 0.15) is 43.7 Å². The highest BCUT2D eigenvalue weighted by atomic mass is 127. The van der Waals surface area contributed by atoms with Gasteiger partial charge in [-0.1, -0.05) is 43.2 Å². The van der Waals surface area contributed by atoms with Crippen molar-refractivity contribution in [2.75, 3.05) is 19.3 Å². The van der Waals surface area contributed by atoms with E-state index in [1.807, 2.05) is 14.0 Å². The monoisotopic (exact) mass is 477 g/mol. The zero-order chi connectivity index (χ0) is 17.4. The van der Waals surface area contributed by atoms with Crippen LogP contribution in [0.15, 0.2) is 29.3 Å². The summed E-state index contributed by atoms with van der Waals surface area (Å²) in [6.45, 7) is 5.00. The summed E-state index contributed by atoms with van der Waals surface area (Å²) in [5, 5.41) is 7.26. The van der Waals surface area contributed by atoms with Crippen molar-refractivity contribution in [1.82, 2.24) is 10.6 Å². The lowest BCUT2D eigenvalue weighted by molar-refractivity contribution is 0.413. The van der Waals surface area contributed by atoms with E-state index in [9.17, 15) is 4.21 Å². The van der Waals surface area contributed by atoms with Gasteiger partial charge in [-0.15, -0.1) is 24.0 Å². The highest BCUT2D eigenvalue weighted by Gasteiger charge is 2.25. The number of rotatable bonds is 6. The van der Waals surface area contributed by atoms with Gasteiger partial charge in [0.05, 0.1) is 0 Å². The summed E-state index contributed by atoms with van der Waals surface area (Å²) >= 11 is 0. The largest absolute Gasteiger partial charge is 0.356 e. The Kier molecular flexibility index (Phi) is 10.7. The normalized spacial score (nSPS) is 22.0. The van der Waals surface area contributed by atoms with Crippen molar-refractivity contribution in [3.05, 3.63) is 35.4 Å². The molecule has 0 bridgehead atoms. The van der Waals surface area contributed by atoms with E-state index in [4.69, 9.17) is 0 Å². The van der Waals surface area contributed by atoms with Gasteiger partial charge in [-0.3, -0.25) is 9.20 Å². The Hall–Kier alpha value is -0.630. The fourth-order valence-electron chi connectivity index (χ4n) is 3.33. The molecule has 142 valence electrons. The van der Waals surface area contributed by atoms with Gasteiger partial charge in [-0.2, -0.15) is 0 Å². The zero-order valence-electron chi connectivity index (χ0n) is 15.6. The maximum Gasteiger partial charge on any atom is 0.191 e. The van der Waals surface area contributed by atoms with Crippen molar-refractivity contribution in [2.45, 2.75) is 57.2 Å². The standard InChI is InChI=1S/C19H31N3OS.HI/c1-4-24(23)18-10-6-9-17(14-18)22-19(20-3)21-12-11-16-8-5-7-15(2)13-16;/h5,7-8,13,17-18H,4,6,9-12,14H2,1-3H3,(H2,20,21,22);1H. The summed E-state index contributed by atoms with van der Waals surface area (Å²) in [4.78, 5) is 4.34. The van der Waals surface area contributed by atoms with Crippen LogP contribution < -0.4 is 10.6 Å². The summed E-state index contributed by atoms with van der Waals surface area (Å²) in [7, 11) is 1.13. The molecule has 1 fully saturated rings. The summed E-state index contributed by atoms with van der Waals surface area (Å²) in [5.41, 5.74) is 2.64. The van der Waals surface area contributed by atoms with Crippen LogP contribution >= 0.6 is 24.0 Å². The third-order valence-corrected chi connectivity index (χ3v) is 6.38. The number of aliphatic imine (C=N–C) groups is 1. The molecule has 0 radical (unpaired) electrons. The van der Waals surface area contributed by atoms with Gasteiger partial charge in [0.1, 0.15) is 0 Å². The van der Waals surface area contributed by atoms with Gasteiger partial charge < -0.3 is 10.6 Å². The average molecular weight is 477 g/mol. The molecule has 1 aliphatic carbocycles. The Bertz CT molecular complexity index is 580. The molecule has 25 heavy (non-hydrogen) atoms. The van der Waals surface area contributed by atoms with Gasteiger partial charge in [0.15, 0.2) is 5.96 Å². The van der Waals surface area contributed by atoms with Gasteiger partial charge in [0.2, 0.25) is 0 Å². The van der Waals surface area contributed by atoms with Crippen LogP contribution in [0, 0.1) is 6.92 Å². The Balaban J connectivity index is 0.00000312. The lowest BCUT2D eigenvalue weighted by Crippen LogP contribution is -2.47. The van der Waals surface area contributed by atoms with Crippen molar-refractivity contribution in [3.63, 3.8) is 0 Å². The highest BCUT2D eigenvalue weighted by molar-refractivity contribution is 14.0. The first-order chi connectivity index (χ1) is 11.6. The minimum absolute atomic E-state index is 0. The minimum atomic E-state index is -0.684. The molecule has 0 amide bonds. The first-order valence-electron chi connectivity index (χ1n) is 9.02. The van der Waals surface area contributed by atoms with E-state index in [-0.39, 0.29) is 24.0 Å². The minimum Gasteiger partial charge on any atom is -0.356 e. The van der Waals surface area contributed by atoms with Crippen LogP contribution in [0.5, 0.6) is 0 Å². The van der Waals surface area contributed by atoms with Gasteiger partial charge in [-0.25, -0.2) is 0 Å². The van der Waals surface area contributed by atoms with Gasteiger partial charge in [-0.05, 0) is 38.2 Å². The van der Waals surface area contributed by atoms with Crippen molar-refractivity contribution < 1.29 is 4.21 Å². The molecule has 0 saturated heterocycles. The highest BCUT2D eigenvalue weighted by Crippen LogP contribution is 2.22. The van der Waals surface area contributed by atoms with E-state index in [2.05, 4.69) is 46.8 Å². The summed E-state index contributed by atoms with van der Waals surface area (Å²) in [6, 6.07) is 9.00. The number of aryl methyl sites for hydroxylation is 1. The van der Waals surface area contributed by atoms with Crippen molar-refractivity contribution >= 4 is 40.7 Å². The van der Waals surface area contributed by atoms with Crippen LogP contribution in [0.2, 0.25) is 0 Å². The van der Waals surface area contributed by atoms with Crippen LogP contribution in [0.3, 0.4) is 0 Å². The number of hydrogen-bond acceptors (Lipinski definition) is 2. The molecule has 3 atom stereocenters. The first kappa shape index (κ1) is 22.4. The lowest BCUT2D eigenvalue weighted by Gasteiger charge is -2.30. The second-order valence-corrected chi connectivity index (χ2v) is 8.54. The van der Waals surface area contributed by atoms with E-state index in [1.54, 1.807) is 0 Å². The van der Waals surface area contributed by atoms with Crippen molar-refractivity contribution in [1.29, 1.82) is 0 Å². The van der Waals surface area contributed by atoms with Crippen LogP contribution in [-0.4, -0.2) is 40.8 Å². The summed E-state index contributed by atoms with van der Waals surface area (Å²) < 4.78 is 12.1. The van der Waals surface area contributed by atoms with E-state index in [0.29, 0.717) is 11.3 Å². The number of benzene rings is 1. The smallest absolute Gasteiger partial charge is 0.191 e. The number of nitrogens with one attached hydrogen (secondary N) is 2. The summed E-state index contributed by atoms with van der Waals surface area (Å²) in [6.07, 6.45) is 5.34. The zero-order valence-corrected chi connectivity index (χ0v) is 18.7. The second kappa shape index (κ2) is 11.9. The molecule has 1 aliphatic rings. The number of halogens is 1. The topological polar surface area (TPSA) is 53.5 Å². The van der Waals surface area contributed by atoms with E-state index >= 15 is 0 Å². The maximum absolute atomic E-state index is 12.1. The average Bonchev–Trinajstić information content (AvgIpc) is 2.60. The first-order valence-corrected chi connectivity index (χ1v) is 10.4. The van der Waals surface area contributed by atoms with E-state index in [0.717, 1.165) is 50.4 Å². The SMILES string of the molecule is CCS(=O)C1CCCC(NC(=NC)NCCc2cccc(C)c2)C1.I. The quantitative estimate of drug-likeness (QED) is 0.375. The van der Waals surface area contributed by atoms with E-state index < -0.39 is 10.8 Å². The molecule has 1 aromatic carbocycles. The molecule has 3 unspecified atom stereocenters. The molecule has 0 aliphatic heterocycles. The fraction of sp³-hybridized carbons (Fsp3) is 0.632. The third kappa shape index (κ3) is 7.64. The summed E-state index contributed by atoms with van der Waals surface area (Å²) in [5.74, 6) is 1.62. The molecule has 6 heteroatoms. The Labute approximate surface area is 172 Å².